The maximum absolute atomic E-state index is 2.38. The van der Waals surface area contributed by atoms with Gasteiger partial charge < -0.3 is 4.90 Å². The smallest absolute Gasteiger partial charge is 0.00267 e. The first kappa shape index (κ1) is 13.0. The summed E-state index contributed by atoms with van der Waals surface area (Å²) in [6, 6.07) is 0. The van der Waals surface area contributed by atoms with Gasteiger partial charge in [-0.15, -0.1) is 0 Å². The van der Waals surface area contributed by atoms with Crippen molar-refractivity contribution >= 4 is 0 Å². The molecule has 0 heterocycles. The van der Waals surface area contributed by atoms with Crippen LogP contribution >= 0.6 is 0 Å². The largest absolute Gasteiger partial charge is 0.309 e. The molecule has 1 unspecified atom stereocenters. The predicted molar refractivity (Wildman–Crippen MR) is 61.0 cm³/mol. The van der Waals surface area contributed by atoms with Gasteiger partial charge in [0.25, 0.3) is 0 Å². The zero-order valence-corrected chi connectivity index (χ0v) is 10.4. The monoisotopic (exact) mass is 185 g/mol. The molecule has 0 rings (SSSR count). The molecule has 0 aromatic carbocycles. The van der Waals surface area contributed by atoms with Gasteiger partial charge in [0.05, 0.1) is 0 Å². The normalized spacial score (nSPS) is 15.0. The van der Waals surface area contributed by atoms with Gasteiger partial charge in [-0.2, -0.15) is 0 Å². The maximum atomic E-state index is 2.38. The van der Waals surface area contributed by atoms with Crippen molar-refractivity contribution in [2.24, 2.45) is 11.3 Å². The summed E-state index contributed by atoms with van der Waals surface area (Å²) in [6.07, 6.45) is 4.04. The van der Waals surface area contributed by atoms with E-state index < -0.39 is 0 Å². The molecule has 0 aromatic heterocycles. The van der Waals surface area contributed by atoms with E-state index in [-0.39, 0.29) is 0 Å². The first-order valence-corrected chi connectivity index (χ1v) is 5.52. The van der Waals surface area contributed by atoms with Crippen LogP contribution in [0.3, 0.4) is 0 Å². The third-order valence-electron chi connectivity index (χ3n) is 2.43. The van der Waals surface area contributed by atoms with Crippen LogP contribution < -0.4 is 0 Å². The third-order valence-corrected chi connectivity index (χ3v) is 2.43. The van der Waals surface area contributed by atoms with Gasteiger partial charge in [0.2, 0.25) is 0 Å². The molecule has 1 heteroatoms. The minimum Gasteiger partial charge on any atom is -0.309 e. The number of nitrogens with zero attached hydrogens (tertiary/aromatic N) is 1. The topological polar surface area (TPSA) is 3.24 Å². The number of hydrogen-bond acceptors (Lipinski definition) is 1. The van der Waals surface area contributed by atoms with E-state index >= 15 is 0 Å². The van der Waals surface area contributed by atoms with Gasteiger partial charge in [-0.25, -0.2) is 0 Å². The lowest BCUT2D eigenvalue weighted by molar-refractivity contribution is 0.194. The summed E-state index contributed by atoms with van der Waals surface area (Å²) in [4.78, 5) is 2.29. The fourth-order valence-corrected chi connectivity index (χ4v) is 2.46. The molecule has 0 fully saturated rings. The van der Waals surface area contributed by atoms with Crippen LogP contribution in [0.5, 0.6) is 0 Å². The molecule has 0 spiro atoms. The Kier molecular flexibility index (Phi) is 5.62. The van der Waals surface area contributed by atoms with Gasteiger partial charge in [0, 0.05) is 6.54 Å². The first-order valence-electron chi connectivity index (χ1n) is 5.52. The van der Waals surface area contributed by atoms with Crippen molar-refractivity contribution < 1.29 is 0 Å². The third kappa shape index (κ3) is 7.06. The highest BCUT2D eigenvalue weighted by Gasteiger charge is 2.21. The Morgan fingerprint density at radius 1 is 1.23 bits per heavy atom. The molecule has 1 nitrogen and oxygen atoms in total. The molecule has 0 aromatic rings. The van der Waals surface area contributed by atoms with E-state index in [4.69, 9.17) is 0 Å². The summed E-state index contributed by atoms with van der Waals surface area (Å²) in [5.74, 6) is 0.875. The van der Waals surface area contributed by atoms with E-state index in [1.807, 2.05) is 0 Å². The van der Waals surface area contributed by atoms with Crippen molar-refractivity contribution in [1.29, 1.82) is 0 Å². The predicted octanol–water partition coefficient (Wildman–Crippen LogP) is 3.40. The SMILES string of the molecule is CCCC(C)CC(C)(C)CN(C)C. The molecular formula is C12H27N. The van der Waals surface area contributed by atoms with Crippen molar-refractivity contribution in [3.05, 3.63) is 0 Å². The minimum atomic E-state index is 0.470. The van der Waals surface area contributed by atoms with Gasteiger partial charge in [-0.1, -0.05) is 40.5 Å². The highest BCUT2D eigenvalue weighted by Crippen LogP contribution is 2.27. The fraction of sp³-hybridized carbons (Fsp3) is 1.00. The van der Waals surface area contributed by atoms with Crippen LogP contribution in [0.15, 0.2) is 0 Å². The molecule has 0 bridgehead atoms. The molecule has 0 aliphatic heterocycles. The number of hydrogen-bond donors (Lipinski definition) is 0. The van der Waals surface area contributed by atoms with Gasteiger partial charge in [0.1, 0.15) is 0 Å². The highest BCUT2D eigenvalue weighted by molar-refractivity contribution is 4.73. The van der Waals surface area contributed by atoms with Crippen molar-refractivity contribution in [2.75, 3.05) is 20.6 Å². The zero-order valence-electron chi connectivity index (χ0n) is 10.4. The van der Waals surface area contributed by atoms with Crippen molar-refractivity contribution in [2.45, 2.75) is 47.0 Å². The summed E-state index contributed by atoms with van der Waals surface area (Å²) in [6.45, 7) is 10.6. The molecule has 0 amide bonds. The lowest BCUT2D eigenvalue weighted by atomic mass is 9.81. The molecular weight excluding hydrogens is 158 g/mol. The Labute approximate surface area is 84.5 Å². The minimum absolute atomic E-state index is 0.470. The van der Waals surface area contributed by atoms with Crippen molar-refractivity contribution in [3.63, 3.8) is 0 Å². The molecule has 0 aliphatic rings. The summed E-state index contributed by atoms with van der Waals surface area (Å²) in [5, 5.41) is 0. The summed E-state index contributed by atoms with van der Waals surface area (Å²) < 4.78 is 0. The Morgan fingerprint density at radius 3 is 2.15 bits per heavy atom. The Balaban J connectivity index is 3.85. The molecule has 13 heavy (non-hydrogen) atoms. The Bertz CT molecular complexity index is 127. The Hall–Kier alpha value is -0.0400. The van der Waals surface area contributed by atoms with Gasteiger partial charge in [0.15, 0.2) is 0 Å². The van der Waals surface area contributed by atoms with Crippen LogP contribution in [-0.4, -0.2) is 25.5 Å². The average Bonchev–Trinajstić information content (AvgIpc) is 1.81. The second-order valence-electron chi connectivity index (χ2n) is 5.50. The summed E-state index contributed by atoms with van der Waals surface area (Å²) >= 11 is 0. The van der Waals surface area contributed by atoms with Crippen LogP contribution in [0.1, 0.15) is 47.0 Å². The van der Waals surface area contributed by atoms with Gasteiger partial charge in [-0.3, -0.25) is 0 Å². The van der Waals surface area contributed by atoms with Gasteiger partial charge in [-0.05, 0) is 31.8 Å². The molecule has 0 saturated carbocycles. The molecule has 0 N–H and O–H groups in total. The van der Waals surface area contributed by atoms with Crippen LogP contribution in [0, 0.1) is 11.3 Å². The van der Waals surface area contributed by atoms with E-state index in [0.29, 0.717) is 5.41 Å². The maximum Gasteiger partial charge on any atom is 0.00267 e. The van der Waals surface area contributed by atoms with E-state index in [1.54, 1.807) is 0 Å². The van der Waals surface area contributed by atoms with Gasteiger partial charge >= 0.3 is 0 Å². The van der Waals surface area contributed by atoms with Crippen LogP contribution in [0.2, 0.25) is 0 Å². The lowest BCUT2D eigenvalue weighted by Crippen LogP contribution is -2.30. The quantitative estimate of drug-likeness (QED) is 0.613. The van der Waals surface area contributed by atoms with Crippen LogP contribution in [0.25, 0.3) is 0 Å². The summed E-state index contributed by atoms with van der Waals surface area (Å²) in [5.41, 5.74) is 0.470. The van der Waals surface area contributed by atoms with Crippen molar-refractivity contribution in [3.8, 4) is 0 Å². The fourth-order valence-electron chi connectivity index (χ4n) is 2.46. The zero-order chi connectivity index (χ0) is 10.5. The number of rotatable bonds is 6. The molecule has 0 radical (unpaired) electrons. The van der Waals surface area contributed by atoms with E-state index in [2.05, 4.69) is 46.7 Å². The second kappa shape index (κ2) is 5.64. The van der Waals surface area contributed by atoms with E-state index in [9.17, 15) is 0 Å². The molecule has 0 aliphatic carbocycles. The second-order valence-corrected chi connectivity index (χ2v) is 5.50. The van der Waals surface area contributed by atoms with E-state index in [0.717, 1.165) is 5.92 Å². The lowest BCUT2D eigenvalue weighted by Gasteiger charge is -2.30. The first-order chi connectivity index (χ1) is 5.87. The average molecular weight is 185 g/mol. The standard InChI is InChI=1S/C12H27N/c1-7-8-11(2)9-12(3,4)10-13(5)6/h11H,7-10H2,1-6H3. The summed E-state index contributed by atoms with van der Waals surface area (Å²) in [7, 11) is 4.32. The highest BCUT2D eigenvalue weighted by atomic mass is 15.1. The van der Waals surface area contributed by atoms with Crippen LogP contribution in [0.4, 0.5) is 0 Å². The molecule has 1 atom stereocenters. The molecule has 80 valence electrons. The Morgan fingerprint density at radius 2 is 1.77 bits per heavy atom. The van der Waals surface area contributed by atoms with E-state index in [1.165, 1.54) is 25.8 Å². The molecule has 0 saturated heterocycles. The van der Waals surface area contributed by atoms with Crippen LogP contribution in [-0.2, 0) is 0 Å². The van der Waals surface area contributed by atoms with Crippen molar-refractivity contribution in [1.82, 2.24) is 4.90 Å².